The summed E-state index contributed by atoms with van der Waals surface area (Å²) in [6.07, 6.45) is 8.11. The van der Waals surface area contributed by atoms with Crippen LogP contribution in [-0.4, -0.2) is 21.4 Å². The number of benzene rings is 1. The Balaban J connectivity index is 1.75. The van der Waals surface area contributed by atoms with E-state index >= 15 is 0 Å². The van der Waals surface area contributed by atoms with Crippen molar-refractivity contribution in [3.8, 4) is 5.69 Å². The Kier molecular flexibility index (Phi) is 4.15. The second-order valence-electron chi connectivity index (χ2n) is 5.81. The van der Waals surface area contributed by atoms with Crippen LogP contribution >= 0.6 is 0 Å². The van der Waals surface area contributed by atoms with Crippen molar-refractivity contribution in [3.63, 3.8) is 0 Å². The van der Waals surface area contributed by atoms with Gasteiger partial charge in [-0.2, -0.15) is 0 Å². The van der Waals surface area contributed by atoms with Crippen LogP contribution in [0.2, 0.25) is 0 Å². The summed E-state index contributed by atoms with van der Waals surface area (Å²) in [6, 6.07) is 7.25. The van der Waals surface area contributed by atoms with Crippen LogP contribution < -0.4 is 11.3 Å². The highest BCUT2D eigenvalue weighted by Gasteiger charge is 2.26. The fourth-order valence-corrected chi connectivity index (χ4v) is 3.04. The zero-order chi connectivity index (χ0) is 15.5. The lowest BCUT2D eigenvalue weighted by atomic mass is 9.94. The average Bonchev–Trinajstić information content (AvgIpc) is 2.93. The van der Waals surface area contributed by atoms with Crippen LogP contribution in [0.25, 0.3) is 5.69 Å². The van der Waals surface area contributed by atoms with Gasteiger partial charge >= 0.3 is 0 Å². The third kappa shape index (κ3) is 2.99. The summed E-state index contributed by atoms with van der Waals surface area (Å²) in [6.45, 7) is 0. The summed E-state index contributed by atoms with van der Waals surface area (Å²) in [5, 5.41) is 0. The van der Waals surface area contributed by atoms with Gasteiger partial charge in [-0.3, -0.25) is 19.1 Å². The maximum absolute atomic E-state index is 12.3. The monoisotopic (exact) mass is 297 g/mol. The van der Waals surface area contributed by atoms with Crippen LogP contribution in [0.4, 0.5) is 0 Å². The molecule has 2 aromatic rings. The second-order valence-corrected chi connectivity index (χ2v) is 5.81. The van der Waals surface area contributed by atoms with Gasteiger partial charge in [0.1, 0.15) is 0 Å². The molecule has 0 spiro atoms. The number of hydrogen-bond donors (Lipinski definition) is 1. The summed E-state index contributed by atoms with van der Waals surface area (Å²) in [5.74, 6) is 0.422. The van der Waals surface area contributed by atoms with Crippen molar-refractivity contribution >= 4 is 5.78 Å². The quantitative estimate of drug-likeness (QED) is 0.875. The number of rotatable bonds is 4. The Hall–Kier alpha value is -2.27. The van der Waals surface area contributed by atoms with E-state index < -0.39 is 0 Å². The molecule has 0 aliphatic heterocycles. The fraction of sp³-hybridized carbons (Fsp3) is 0.353. The number of carbonyl (C=O) groups excluding carboxylic acids is 1. The lowest BCUT2D eigenvalue weighted by Crippen LogP contribution is -2.26. The third-order valence-electron chi connectivity index (χ3n) is 4.36. The molecular formula is C17H19N3O2. The van der Waals surface area contributed by atoms with Crippen LogP contribution in [0.3, 0.4) is 0 Å². The molecule has 22 heavy (non-hydrogen) atoms. The molecule has 2 atom stereocenters. The van der Waals surface area contributed by atoms with E-state index in [0.717, 1.165) is 24.9 Å². The molecule has 5 heteroatoms. The van der Waals surface area contributed by atoms with E-state index in [1.807, 2.05) is 0 Å². The van der Waals surface area contributed by atoms with Crippen molar-refractivity contribution in [2.45, 2.75) is 31.7 Å². The highest BCUT2D eigenvalue weighted by atomic mass is 16.1. The molecule has 1 fully saturated rings. The molecule has 1 aromatic carbocycles. The maximum atomic E-state index is 12.3. The van der Waals surface area contributed by atoms with Crippen molar-refractivity contribution in [1.29, 1.82) is 0 Å². The van der Waals surface area contributed by atoms with Gasteiger partial charge in [-0.15, -0.1) is 0 Å². The van der Waals surface area contributed by atoms with Crippen molar-refractivity contribution in [2.75, 3.05) is 0 Å². The SMILES string of the molecule is NC1CCCC1CC(=O)c1ccc(-n2ccncc2=O)cc1. The van der Waals surface area contributed by atoms with Crippen molar-refractivity contribution < 1.29 is 4.79 Å². The second kappa shape index (κ2) is 6.23. The Morgan fingerprint density at radius 2 is 2.05 bits per heavy atom. The number of nitrogens with zero attached hydrogens (tertiary/aromatic N) is 2. The molecule has 1 aromatic heterocycles. The topological polar surface area (TPSA) is 78.0 Å². The molecule has 1 saturated carbocycles. The van der Waals surface area contributed by atoms with Crippen molar-refractivity contribution in [2.24, 2.45) is 11.7 Å². The molecule has 2 unspecified atom stereocenters. The molecular weight excluding hydrogens is 278 g/mol. The van der Waals surface area contributed by atoms with Crippen molar-refractivity contribution in [3.05, 3.63) is 58.8 Å². The molecule has 3 rings (SSSR count). The summed E-state index contributed by atoms with van der Waals surface area (Å²) < 4.78 is 1.49. The van der Waals surface area contributed by atoms with Gasteiger partial charge in [0.15, 0.2) is 5.78 Å². The van der Waals surface area contributed by atoms with Gasteiger partial charge in [-0.05, 0) is 43.0 Å². The van der Waals surface area contributed by atoms with Crippen LogP contribution in [0.1, 0.15) is 36.0 Å². The van der Waals surface area contributed by atoms with Crippen LogP contribution in [0.5, 0.6) is 0 Å². The number of ketones is 1. The Bertz CT molecular complexity index is 721. The van der Waals surface area contributed by atoms with E-state index in [9.17, 15) is 9.59 Å². The maximum Gasteiger partial charge on any atom is 0.273 e. The Morgan fingerprint density at radius 3 is 2.68 bits per heavy atom. The zero-order valence-corrected chi connectivity index (χ0v) is 12.3. The minimum Gasteiger partial charge on any atom is -0.327 e. The normalized spacial score (nSPS) is 21.0. The van der Waals surface area contributed by atoms with Gasteiger partial charge in [-0.25, -0.2) is 0 Å². The predicted octanol–water partition coefficient (Wildman–Crippen LogP) is 1.93. The Labute approximate surface area is 128 Å². The largest absolute Gasteiger partial charge is 0.327 e. The molecule has 1 aliphatic carbocycles. The van der Waals surface area contributed by atoms with Gasteiger partial charge in [0, 0.05) is 36.1 Å². The molecule has 114 valence electrons. The molecule has 0 amide bonds. The molecule has 0 bridgehead atoms. The standard InChI is InChI=1S/C17H19N3O2/c18-15-3-1-2-13(15)10-16(21)12-4-6-14(7-5-12)20-9-8-19-11-17(20)22/h4-9,11,13,15H,1-3,10,18H2. The summed E-state index contributed by atoms with van der Waals surface area (Å²) in [7, 11) is 0. The molecule has 0 saturated heterocycles. The van der Waals surface area contributed by atoms with Crippen LogP contribution in [0, 0.1) is 5.92 Å². The molecule has 5 nitrogen and oxygen atoms in total. The molecule has 1 aliphatic rings. The number of nitrogens with two attached hydrogens (primary N) is 1. The van der Waals surface area contributed by atoms with E-state index in [4.69, 9.17) is 5.73 Å². The van der Waals surface area contributed by atoms with Crippen molar-refractivity contribution in [1.82, 2.24) is 9.55 Å². The number of carbonyl (C=O) groups is 1. The van der Waals surface area contributed by atoms with Gasteiger partial charge in [0.2, 0.25) is 0 Å². The number of hydrogen-bond acceptors (Lipinski definition) is 4. The molecule has 1 heterocycles. The predicted molar refractivity (Wildman–Crippen MR) is 84.1 cm³/mol. The van der Waals surface area contributed by atoms with E-state index in [1.165, 1.54) is 10.8 Å². The van der Waals surface area contributed by atoms with E-state index in [-0.39, 0.29) is 17.4 Å². The first kappa shape index (κ1) is 14.7. The van der Waals surface area contributed by atoms with Gasteiger partial charge < -0.3 is 5.73 Å². The first-order chi connectivity index (χ1) is 10.6. The summed E-state index contributed by atoms with van der Waals surface area (Å²) >= 11 is 0. The van der Waals surface area contributed by atoms with E-state index in [1.54, 1.807) is 36.7 Å². The lowest BCUT2D eigenvalue weighted by molar-refractivity contribution is 0.0958. The average molecular weight is 297 g/mol. The first-order valence-electron chi connectivity index (χ1n) is 7.57. The zero-order valence-electron chi connectivity index (χ0n) is 12.3. The highest BCUT2D eigenvalue weighted by Crippen LogP contribution is 2.28. The number of aromatic nitrogens is 2. The van der Waals surface area contributed by atoms with Gasteiger partial charge in [0.25, 0.3) is 5.56 Å². The summed E-state index contributed by atoms with van der Waals surface area (Å²) in [5.41, 5.74) is 7.22. The Morgan fingerprint density at radius 1 is 1.27 bits per heavy atom. The minimum atomic E-state index is -0.196. The smallest absolute Gasteiger partial charge is 0.273 e. The third-order valence-corrected chi connectivity index (χ3v) is 4.36. The minimum absolute atomic E-state index is 0.121. The fourth-order valence-electron chi connectivity index (χ4n) is 3.04. The van der Waals surface area contributed by atoms with Gasteiger partial charge in [-0.1, -0.05) is 6.42 Å². The molecule has 2 N–H and O–H groups in total. The van der Waals surface area contributed by atoms with E-state index in [0.29, 0.717) is 17.9 Å². The summed E-state index contributed by atoms with van der Waals surface area (Å²) in [4.78, 5) is 27.8. The van der Waals surface area contributed by atoms with Crippen LogP contribution in [0.15, 0.2) is 47.7 Å². The van der Waals surface area contributed by atoms with E-state index in [2.05, 4.69) is 4.98 Å². The lowest BCUT2D eigenvalue weighted by Gasteiger charge is -2.14. The highest BCUT2D eigenvalue weighted by molar-refractivity contribution is 5.96. The first-order valence-corrected chi connectivity index (χ1v) is 7.57. The number of Topliss-reactive ketones (excluding diaryl/α,β-unsaturated/α-hetero) is 1. The molecule has 0 radical (unpaired) electrons. The van der Waals surface area contributed by atoms with Crippen LogP contribution in [-0.2, 0) is 0 Å². The van der Waals surface area contributed by atoms with Gasteiger partial charge in [0.05, 0.1) is 6.20 Å².